The number of nitrogens with zero attached hydrogens (tertiary/aromatic N) is 2. The van der Waals surface area contributed by atoms with Gasteiger partial charge in [-0.1, -0.05) is 0 Å². The summed E-state index contributed by atoms with van der Waals surface area (Å²) in [7, 11) is 3.93. The lowest BCUT2D eigenvalue weighted by Gasteiger charge is -2.22. The number of likely N-dealkylation sites (tertiary alicyclic amines) is 1. The van der Waals surface area contributed by atoms with E-state index in [-0.39, 0.29) is 11.9 Å². The fourth-order valence-corrected chi connectivity index (χ4v) is 2.62. The summed E-state index contributed by atoms with van der Waals surface area (Å²) >= 11 is 0. The van der Waals surface area contributed by atoms with Crippen molar-refractivity contribution >= 4 is 17.7 Å². The standard InChI is InChI=1S/C18H27N3O3/c1-18(2,3)24-17(23)19-14-10-11-21(12-14)16(22)13-6-8-15(9-7-13)20(4)5/h6-9,14H,10-12H2,1-5H3,(H,19,23). The van der Waals surface area contributed by atoms with E-state index in [0.29, 0.717) is 18.7 Å². The topological polar surface area (TPSA) is 61.9 Å². The van der Waals surface area contributed by atoms with E-state index in [4.69, 9.17) is 4.74 Å². The zero-order chi connectivity index (χ0) is 17.9. The number of hydrogen-bond acceptors (Lipinski definition) is 4. The Morgan fingerprint density at radius 3 is 2.38 bits per heavy atom. The van der Waals surface area contributed by atoms with Crippen molar-refractivity contribution in [1.82, 2.24) is 10.2 Å². The Morgan fingerprint density at radius 1 is 1.21 bits per heavy atom. The zero-order valence-corrected chi connectivity index (χ0v) is 15.1. The van der Waals surface area contributed by atoms with Gasteiger partial charge in [-0.2, -0.15) is 0 Å². The van der Waals surface area contributed by atoms with Crippen LogP contribution < -0.4 is 10.2 Å². The number of nitrogens with one attached hydrogen (secondary N) is 1. The number of ether oxygens (including phenoxy) is 1. The molecule has 1 saturated heterocycles. The summed E-state index contributed by atoms with van der Waals surface area (Å²) in [4.78, 5) is 28.1. The normalized spacial score (nSPS) is 17.5. The van der Waals surface area contributed by atoms with Crippen molar-refractivity contribution in [3.8, 4) is 0 Å². The summed E-state index contributed by atoms with van der Waals surface area (Å²) in [5, 5.41) is 2.83. The van der Waals surface area contributed by atoms with Crippen molar-refractivity contribution in [2.45, 2.75) is 38.8 Å². The molecule has 0 radical (unpaired) electrons. The first kappa shape index (κ1) is 18.1. The quantitative estimate of drug-likeness (QED) is 0.923. The second-order valence-corrected chi connectivity index (χ2v) is 7.32. The Hall–Kier alpha value is -2.24. The molecule has 2 amide bonds. The predicted octanol–water partition coefficient (Wildman–Crippen LogP) is 2.49. The van der Waals surface area contributed by atoms with Gasteiger partial charge in [0.25, 0.3) is 5.91 Å². The Morgan fingerprint density at radius 2 is 1.83 bits per heavy atom. The highest BCUT2D eigenvalue weighted by molar-refractivity contribution is 5.94. The van der Waals surface area contributed by atoms with Gasteiger partial charge in [0.15, 0.2) is 0 Å². The third kappa shape index (κ3) is 4.88. The van der Waals surface area contributed by atoms with Gasteiger partial charge in [-0.3, -0.25) is 4.79 Å². The third-order valence-electron chi connectivity index (χ3n) is 3.83. The van der Waals surface area contributed by atoms with Gasteiger partial charge in [-0.25, -0.2) is 4.79 Å². The van der Waals surface area contributed by atoms with E-state index in [2.05, 4.69) is 5.32 Å². The van der Waals surface area contributed by atoms with Gasteiger partial charge in [0.2, 0.25) is 0 Å². The number of rotatable bonds is 3. The monoisotopic (exact) mass is 333 g/mol. The van der Waals surface area contributed by atoms with Crippen LogP contribution in [0, 0.1) is 0 Å². The minimum Gasteiger partial charge on any atom is -0.444 e. The number of benzene rings is 1. The molecule has 0 spiro atoms. The zero-order valence-electron chi connectivity index (χ0n) is 15.1. The van der Waals surface area contributed by atoms with E-state index >= 15 is 0 Å². The molecule has 1 aliphatic heterocycles. The molecule has 6 nitrogen and oxygen atoms in total. The second kappa shape index (κ2) is 7.11. The summed E-state index contributed by atoms with van der Waals surface area (Å²) in [6.45, 7) is 6.62. The Bertz CT molecular complexity index is 591. The van der Waals surface area contributed by atoms with Crippen molar-refractivity contribution in [1.29, 1.82) is 0 Å². The molecule has 0 aliphatic carbocycles. The lowest BCUT2D eigenvalue weighted by Crippen LogP contribution is -2.41. The van der Waals surface area contributed by atoms with Crippen LogP contribution in [0.25, 0.3) is 0 Å². The van der Waals surface area contributed by atoms with Crippen LogP contribution in [-0.4, -0.2) is 55.7 Å². The van der Waals surface area contributed by atoms with E-state index in [9.17, 15) is 9.59 Å². The van der Waals surface area contributed by atoms with Crippen molar-refractivity contribution in [2.24, 2.45) is 0 Å². The summed E-state index contributed by atoms with van der Waals surface area (Å²) in [5.41, 5.74) is 1.20. The first-order valence-corrected chi connectivity index (χ1v) is 8.22. The number of carbonyl (C=O) groups is 2. The number of hydrogen-bond donors (Lipinski definition) is 1. The first-order chi connectivity index (χ1) is 11.2. The van der Waals surface area contributed by atoms with E-state index in [1.54, 1.807) is 4.90 Å². The Kier molecular flexibility index (Phi) is 5.36. The van der Waals surface area contributed by atoms with Gasteiger partial charge >= 0.3 is 6.09 Å². The van der Waals surface area contributed by atoms with Crippen LogP contribution in [0.4, 0.5) is 10.5 Å². The first-order valence-electron chi connectivity index (χ1n) is 8.22. The Labute approximate surface area is 143 Å². The third-order valence-corrected chi connectivity index (χ3v) is 3.83. The van der Waals surface area contributed by atoms with E-state index < -0.39 is 11.7 Å². The number of alkyl carbamates (subject to hydrolysis) is 1. The van der Waals surface area contributed by atoms with Crippen molar-refractivity contribution < 1.29 is 14.3 Å². The molecule has 24 heavy (non-hydrogen) atoms. The molecule has 0 saturated carbocycles. The maximum atomic E-state index is 12.6. The predicted molar refractivity (Wildman–Crippen MR) is 94.4 cm³/mol. The smallest absolute Gasteiger partial charge is 0.407 e. The van der Waals surface area contributed by atoms with E-state index in [0.717, 1.165) is 12.1 Å². The molecule has 1 fully saturated rings. The van der Waals surface area contributed by atoms with Crippen LogP contribution in [0.5, 0.6) is 0 Å². The van der Waals surface area contributed by atoms with Gasteiger partial charge in [0.1, 0.15) is 5.60 Å². The molecule has 0 aromatic heterocycles. The van der Waals surface area contributed by atoms with Crippen LogP contribution in [-0.2, 0) is 4.74 Å². The maximum Gasteiger partial charge on any atom is 0.407 e. The highest BCUT2D eigenvalue weighted by Crippen LogP contribution is 2.17. The molecule has 0 bridgehead atoms. The molecule has 1 aromatic carbocycles. The summed E-state index contributed by atoms with van der Waals surface area (Å²) in [6, 6.07) is 7.47. The molecule has 1 atom stereocenters. The molecule has 1 heterocycles. The summed E-state index contributed by atoms with van der Waals surface area (Å²) in [5.74, 6) is -0.00575. The maximum absolute atomic E-state index is 12.6. The molecule has 1 aromatic rings. The average molecular weight is 333 g/mol. The molecule has 1 aliphatic rings. The number of carbonyl (C=O) groups excluding carboxylic acids is 2. The van der Waals surface area contributed by atoms with E-state index in [1.165, 1.54) is 0 Å². The lowest BCUT2D eigenvalue weighted by molar-refractivity contribution is 0.0502. The fourth-order valence-electron chi connectivity index (χ4n) is 2.62. The summed E-state index contributed by atoms with van der Waals surface area (Å²) in [6.07, 6.45) is 0.304. The molecule has 2 rings (SSSR count). The Balaban J connectivity index is 1.90. The van der Waals surface area contributed by atoms with Gasteiger partial charge in [-0.15, -0.1) is 0 Å². The molecule has 6 heteroatoms. The molecular weight excluding hydrogens is 306 g/mol. The van der Waals surface area contributed by atoms with Crippen LogP contribution >= 0.6 is 0 Å². The van der Waals surface area contributed by atoms with Crippen molar-refractivity contribution in [3.63, 3.8) is 0 Å². The van der Waals surface area contributed by atoms with Crippen LogP contribution in [0.15, 0.2) is 24.3 Å². The van der Waals surface area contributed by atoms with Gasteiger partial charge in [0, 0.05) is 38.4 Å². The molecule has 132 valence electrons. The van der Waals surface area contributed by atoms with Gasteiger partial charge in [0.05, 0.1) is 6.04 Å². The van der Waals surface area contributed by atoms with E-state index in [1.807, 2.05) is 64.0 Å². The molecule has 1 unspecified atom stereocenters. The van der Waals surface area contributed by atoms with Gasteiger partial charge in [-0.05, 0) is 51.5 Å². The minimum absolute atomic E-state index is 0.00575. The largest absolute Gasteiger partial charge is 0.444 e. The minimum atomic E-state index is -0.521. The highest BCUT2D eigenvalue weighted by atomic mass is 16.6. The van der Waals surface area contributed by atoms with Crippen LogP contribution in [0.2, 0.25) is 0 Å². The second-order valence-electron chi connectivity index (χ2n) is 7.32. The SMILES string of the molecule is CN(C)c1ccc(C(=O)N2CCC(NC(=O)OC(C)(C)C)C2)cc1. The van der Waals surface area contributed by atoms with Crippen molar-refractivity contribution in [2.75, 3.05) is 32.1 Å². The summed E-state index contributed by atoms with van der Waals surface area (Å²) < 4.78 is 5.26. The average Bonchev–Trinajstić information content (AvgIpc) is 2.92. The van der Waals surface area contributed by atoms with Crippen LogP contribution in [0.3, 0.4) is 0 Å². The van der Waals surface area contributed by atoms with Crippen molar-refractivity contribution in [3.05, 3.63) is 29.8 Å². The highest BCUT2D eigenvalue weighted by Gasteiger charge is 2.29. The number of amides is 2. The lowest BCUT2D eigenvalue weighted by atomic mass is 10.2. The number of anilines is 1. The van der Waals surface area contributed by atoms with Gasteiger partial charge < -0.3 is 19.9 Å². The molecule has 1 N–H and O–H groups in total. The molecular formula is C18H27N3O3. The fraction of sp³-hybridized carbons (Fsp3) is 0.556. The van der Waals surface area contributed by atoms with Crippen LogP contribution in [0.1, 0.15) is 37.6 Å².